The summed E-state index contributed by atoms with van der Waals surface area (Å²) >= 11 is 6.13. The monoisotopic (exact) mass is 296 g/mol. The molecule has 1 aromatic carbocycles. The fraction of sp³-hybridized carbons (Fsp3) is 0.333. The molecule has 0 radical (unpaired) electrons. The summed E-state index contributed by atoms with van der Waals surface area (Å²) in [6, 6.07) is 2.84. The number of hydrogen-bond donors (Lipinski definition) is 1. The van der Waals surface area contributed by atoms with E-state index in [2.05, 4.69) is 15.5 Å². The van der Waals surface area contributed by atoms with Crippen molar-refractivity contribution in [3.63, 3.8) is 0 Å². The van der Waals surface area contributed by atoms with Crippen LogP contribution >= 0.6 is 11.6 Å². The number of aromatic carboxylic acids is 1. The zero-order valence-corrected chi connectivity index (χ0v) is 11.8. The minimum Gasteiger partial charge on any atom is -0.496 e. The first-order valence-electron chi connectivity index (χ1n) is 5.97. The highest BCUT2D eigenvalue weighted by Crippen LogP contribution is 2.30. The van der Waals surface area contributed by atoms with Crippen LogP contribution in [0.1, 0.15) is 29.5 Å². The Morgan fingerprint density at radius 3 is 2.85 bits per heavy atom. The summed E-state index contributed by atoms with van der Waals surface area (Å²) in [5, 5.41) is 20.8. The van der Waals surface area contributed by atoms with Crippen LogP contribution in [0, 0.1) is 0 Å². The first-order valence-corrected chi connectivity index (χ1v) is 6.34. The number of hydrogen-bond acceptors (Lipinski definition) is 5. The molecule has 8 heteroatoms. The van der Waals surface area contributed by atoms with E-state index in [-0.39, 0.29) is 16.3 Å². The second-order valence-electron chi connectivity index (χ2n) is 4.07. The van der Waals surface area contributed by atoms with Gasteiger partial charge in [-0.1, -0.05) is 18.5 Å². The zero-order valence-electron chi connectivity index (χ0n) is 11.0. The lowest BCUT2D eigenvalue weighted by molar-refractivity contribution is 0.0693. The van der Waals surface area contributed by atoms with E-state index in [4.69, 9.17) is 21.4 Å². The number of halogens is 1. The Labute approximate surface area is 120 Å². The fourth-order valence-electron chi connectivity index (χ4n) is 1.81. The molecule has 0 aliphatic carbocycles. The number of methoxy groups -OCH3 is 1. The van der Waals surface area contributed by atoms with Gasteiger partial charge in [-0.3, -0.25) is 0 Å². The van der Waals surface area contributed by atoms with Crippen molar-refractivity contribution in [3.8, 4) is 11.4 Å². The number of carbonyl (C=O) groups is 1. The molecule has 0 unspecified atom stereocenters. The number of aryl methyl sites for hydroxylation is 1. The van der Waals surface area contributed by atoms with Crippen molar-refractivity contribution in [2.24, 2.45) is 0 Å². The second-order valence-corrected chi connectivity index (χ2v) is 4.47. The Kier molecular flexibility index (Phi) is 4.19. The van der Waals surface area contributed by atoms with Crippen LogP contribution in [0.25, 0.3) is 5.69 Å². The van der Waals surface area contributed by atoms with Gasteiger partial charge in [-0.2, -0.15) is 4.68 Å². The van der Waals surface area contributed by atoms with E-state index >= 15 is 0 Å². The van der Waals surface area contributed by atoms with Crippen molar-refractivity contribution in [2.75, 3.05) is 7.11 Å². The summed E-state index contributed by atoms with van der Waals surface area (Å²) in [6.07, 6.45) is 1.56. The number of tetrazole rings is 1. The summed E-state index contributed by atoms with van der Waals surface area (Å²) in [5.41, 5.74) is 0.480. The maximum atomic E-state index is 11.1. The number of nitrogens with zero attached hydrogens (tertiary/aromatic N) is 4. The fourth-order valence-corrected chi connectivity index (χ4v) is 2.06. The van der Waals surface area contributed by atoms with Gasteiger partial charge in [-0.15, -0.1) is 5.10 Å². The summed E-state index contributed by atoms with van der Waals surface area (Å²) < 4.78 is 6.56. The van der Waals surface area contributed by atoms with Crippen molar-refractivity contribution in [1.82, 2.24) is 20.2 Å². The standard InChI is InChI=1S/C12H13ClN4O3/c1-3-4-11-14-15-16-17(11)9-6-10(20-2)7(12(18)19)5-8(9)13/h5-6H,3-4H2,1-2H3,(H,18,19). The molecule has 0 fully saturated rings. The van der Waals surface area contributed by atoms with Gasteiger partial charge in [0.15, 0.2) is 5.82 Å². The largest absolute Gasteiger partial charge is 0.496 e. The minimum absolute atomic E-state index is 0.00799. The first kappa shape index (κ1) is 14.3. The van der Waals surface area contributed by atoms with Gasteiger partial charge in [0.25, 0.3) is 0 Å². The lowest BCUT2D eigenvalue weighted by Crippen LogP contribution is -2.07. The molecule has 0 saturated carbocycles. The minimum atomic E-state index is -1.11. The summed E-state index contributed by atoms with van der Waals surface area (Å²) in [4.78, 5) is 11.1. The molecule has 2 rings (SSSR count). The maximum Gasteiger partial charge on any atom is 0.339 e. The molecule has 0 spiro atoms. The number of benzene rings is 1. The SMILES string of the molecule is CCCc1nnnn1-c1cc(OC)c(C(=O)O)cc1Cl. The highest BCUT2D eigenvalue weighted by atomic mass is 35.5. The van der Waals surface area contributed by atoms with Crippen LogP contribution in [0.4, 0.5) is 0 Å². The molecule has 1 aromatic heterocycles. The van der Waals surface area contributed by atoms with Crippen molar-refractivity contribution >= 4 is 17.6 Å². The molecular formula is C12H13ClN4O3. The number of carboxylic acid groups (broad SMARTS) is 1. The van der Waals surface area contributed by atoms with Crippen LogP contribution in [0.2, 0.25) is 5.02 Å². The molecule has 0 atom stereocenters. The highest BCUT2D eigenvalue weighted by molar-refractivity contribution is 6.32. The van der Waals surface area contributed by atoms with Crippen LogP contribution < -0.4 is 4.74 Å². The number of aromatic nitrogens is 4. The summed E-state index contributed by atoms with van der Waals surface area (Å²) in [5.74, 6) is -0.254. The van der Waals surface area contributed by atoms with Gasteiger partial charge < -0.3 is 9.84 Å². The second kappa shape index (κ2) is 5.87. The number of ether oxygens (including phenoxy) is 1. The van der Waals surface area contributed by atoms with Gasteiger partial charge in [-0.25, -0.2) is 4.79 Å². The van der Waals surface area contributed by atoms with Crippen LogP contribution in [0.15, 0.2) is 12.1 Å². The van der Waals surface area contributed by atoms with E-state index in [0.29, 0.717) is 17.9 Å². The quantitative estimate of drug-likeness (QED) is 0.907. The third-order valence-electron chi connectivity index (χ3n) is 2.74. The molecule has 2 aromatic rings. The Bertz CT molecular complexity index is 642. The van der Waals surface area contributed by atoms with Crippen LogP contribution in [-0.2, 0) is 6.42 Å². The molecule has 0 aliphatic rings. The van der Waals surface area contributed by atoms with E-state index in [1.54, 1.807) is 0 Å². The average molecular weight is 297 g/mol. The molecule has 0 saturated heterocycles. The van der Waals surface area contributed by atoms with Crippen LogP contribution in [-0.4, -0.2) is 38.4 Å². The Morgan fingerprint density at radius 2 is 2.25 bits per heavy atom. The number of carboxylic acids is 1. The van der Waals surface area contributed by atoms with Gasteiger partial charge in [0.2, 0.25) is 0 Å². The van der Waals surface area contributed by atoms with E-state index in [9.17, 15) is 4.79 Å². The highest BCUT2D eigenvalue weighted by Gasteiger charge is 2.18. The van der Waals surface area contributed by atoms with E-state index in [1.165, 1.54) is 23.9 Å². The van der Waals surface area contributed by atoms with Gasteiger partial charge in [0.1, 0.15) is 11.3 Å². The smallest absolute Gasteiger partial charge is 0.339 e. The maximum absolute atomic E-state index is 11.1. The van der Waals surface area contributed by atoms with Crippen LogP contribution in [0.5, 0.6) is 5.75 Å². The normalized spacial score (nSPS) is 10.6. The van der Waals surface area contributed by atoms with Gasteiger partial charge in [-0.05, 0) is 22.9 Å². The molecule has 0 amide bonds. The molecule has 1 N–H and O–H groups in total. The predicted molar refractivity (Wildman–Crippen MR) is 71.7 cm³/mol. The Morgan fingerprint density at radius 1 is 1.50 bits per heavy atom. The molecule has 0 aliphatic heterocycles. The van der Waals surface area contributed by atoms with Crippen molar-refractivity contribution in [2.45, 2.75) is 19.8 Å². The summed E-state index contributed by atoms with van der Waals surface area (Å²) in [6.45, 7) is 2.01. The van der Waals surface area contributed by atoms with Crippen LogP contribution in [0.3, 0.4) is 0 Å². The number of rotatable bonds is 5. The molecule has 7 nitrogen and oxygen atoms in total. The van der Waals surface area contributed by atoms with E-state index in [1.807, 2.05) is 6.92 Å². The van der Waals surface area contributed by atoms with Crippen molar-refractivity contribution in [1.29, 1.82) is 0 Å². The third-order valence-corrected chi connectivity index (χ3v) is 3.04. The van der Waals surface area contributed by atoms with Crippen molar-refractivity contribution in [3.05, 3.63) is 28.5 Å². The predicted octanol–water partition coefficient (Wildman–Crippen LogP) is 1.97. The van der Waals surface area contributed by atoms with Gasteiger partial charge in [0, 0.05) is 12.5 Å². The molecule has 0 bridgehead atoms. The molecule has 1 heterocycles. The summed E-state index contributed by atoms with van der Waals surface area (Å²) in [7, 11) is 1.39. The van der Waals surface area contributed by atoms with Gasteiger partial charge >= 0.3 is 5.97 Å². The van der Waals surface area contributed by atoms with E-state index < -0.39 is 5.97 Å². The average Bonchev–Trinajstić information content (AvgIpc) is 2.87. The third kappa shape index (κ3) is 2.57. The van der Waals surface area contributed by atoms with Crippen molar-refractivity contribution < 1.29 is 14.6 Å². The Balaban J connectivity index is 2.57. The molecule has 106 valence electrons. The molecular weight excluding hydrogens is 284 g/mol. The lowest BCUT2D eigenvalue weighted by atomic mass is 10.1. The molecule has 20 heavy (non-hydrogen) atoms. The first-order chi connectivity index (χ1) is 9.58. The Hall–Kier alpha value is -2.15. The topological polar surface area (TPSA) is 90.1 Å². The van der Waals surface area contributed by atoms with E-state index in [0.717, 1.165) is 6.42 Å². The zero-order chi connectivity index (χ0) is 14.7. The lowest BCUT2D eigenvalue weighted by Gasteiger charge is -2.11. The van der Waals surface area contributed by atoms with Gasteiger partial charge in [0.05, 0.1) is 17.8 Å².